The van der Waals surface area contributed by atoms with E-state index in [-0.39, 0.29) is 22.8 Å². The summed E-state index contributed by atoms with van der Waals surface area (Å²) in [6.45, 7) is -0.149. The van der Waals surface area contributed by atoms with Crippen molar-refractivity contribution in [2.75, 3.05) is 11.9 Å². The number of rotatable bonds is 6. The summed E-state index contributed by atoms with van der Waals surface area (Å²) in [6, 6.07) is 11.4. The van der Waals surface area contributed by atoms with E-state index in [1.807, 2.05) is 0 Å². The first-order chi connectivity index (χ1) is 13.4. The molecule has 0 saturated carbocycles. The quantitative estimate of drug-likeness (QED) is 0.606. The maximum atomic E-state index is 13.0. The molecule has 142 valence electrons. The summed E-state index contributed by atoms with van der Waals surface area (Å²) in [6.07, 6.45) is 5.06. The van der Waals surface area contributed by atoms with Gasteiger partial charge in [-0.3, -0.25) is 10.1 Å². The number of halogens is 1. The Bertz CT molecular complexity index is 1150. The van der Waals surface area contributed by atoms with Gasteiger partial charge in [-0.15, -0.1) is 17.8 Å². The van der Waals surface area contributed by atoms with Crippen LogP contribution in [-0.4, -0.2) is 25.9 Å². The van der Waals surface area contributed by atoms with Crippen molar-refractivity contribution in [3.05, 3.63) is 65.3 Å². The van der Waals surface area contributed by atoms with Crippen molar-refractivity contribution in [3.8, 4) is 23.6 Å². The Labute approximate surface area is 165 Å². The van der Waals surface area contributed by atoms with Gasteiger partial charge in [0.2, 0.25) is 10.0 Å². The van der Waals surface area contributed by atoms with Crippen LogP contribution in [0.2, 0.25) is 0 Å². The molecule has 0 aliphatic heterocycles. The predicted molar refractivity (Wildman–Crippen MR) is 106 cm³/mol. The summed E-state index contributed by atoms with van der Waals surface area (Å²) >= 11 is 1.20. The van der Waals surface area contributed by atoms with Crippen LogP contribution in [0.5, 0.6) is 0 Å². The van der Waals surface area contributed by atoms with Crippen LogP contribution in [0.15, 0.2) is 58.8 Å². The number of thiazole rings is 1. The van der Waals surface area contributed by atoms with Gasteiger partial charge >= 0.3 is 0 Å². The first-order valence-electron chi connectivity index (χ1n) is 7.95. The molecule has 0 radical (unpaired) electrons. The molecule has 0 saturated heterocycles. The second-order valence-electron chi connectivity index (χ2n) is 5.56. The van der Waals surface area contributed by atoms with E-state index in [1.165, 1.54) is 47.7 Å². The normalized spacial score (nSPS) is 11.0. The summed E-state index contributed by atoms with van der Waals surface area (Å²) in [4.78, 5) is 16.7. The maximum Gasteiger partial charge on any atom is 0.257 e. The number of hydrogen-bond donors (Lipinski definition) is 2. The van der Waals surface area contributed by atoms with Gasteiger partial charge in [0.1, 0.15) is 5.82 Å². The van der Waals surface area contributed by atoms with Crippen molar-refractivity contribution in [1.29, 1.82) is 0 Å². The number of hydrogen-bond acceptors (Lipinski definition) is 5. The van der Waals surface area contributed by atoms with Gasteiger partial charge < -0.3 is 0 Å². The molecule has 2 aromatic carbocycles. The number of carbonyl (C=O) groups excluding carboxylic acids is 1. The molecular weight excluding hydrogens is 401 g/mol. The molecule has 3 rings (SSSR count). The van der Waals surface area contributed by atoms with Crippen molar-refractivity contribution >= 4 is 32.4 Å². The molecule has 0 spiro atoms. The second-order valence-corrected chi connectivity index (χ2v) is 8.18. The Morgan fingerprint density at radius 1 is 1.21 bits per heavy atom. The number of amides is 1. The molecule has 0 aliphatic carbocycles. The molecule has 3 aromatic rings. The Kier molecular flexibility index (Phi) is 5.84. The highest BCUT2D eigenvalue weighted by Crippen LogP contribution is 2.25. The minimum absolute atomic E-state index is 0.0680. The van der Waals surface area contributed by atoms with Crippen LogP contribution in [-0.2, 0) is 10.0 Å². The number of terminal acetylenes is 1. The van der Waals surface area contributed by atoms with Crippen molar-refractivity contribution in [2.24, 2.45) is 0 Å². The summed E-state index contributed by atoms with van der Waals surface area (Å²) in [5.74, 6) is 1.33. The standard InChI is InChI=1S/C19H14FN3O3S2/c1-2-10-21-28(25,26)16-5-3-4-14(11-16)18(24)23-19-22-17(12-27-19)13-6-8-15(20)9-7-13/h1,3-9,11-12,21H,10H2,(H,22,23,24). The average Bonchev–Trinajstić information content (AvgIpc) is 3.15. The van der Waals surface area contributed by atoms with E-state index in [0.29, 0.717) is 16.4 Å². The van der Waals surface area contributed by atoms with E-state index in [1.54, 1.807) is 17.5 Å². The van der Waals surface area contributed by atoms with Gasteiger partial charge in [0.15, 0.2) is 5.13 Å². The van der Waals surface area contributed by atoms with E-state index in [0.717, 1.165) is 0 Å². The van der Waals surface area contributed by atoms with Gasteiger partial charge in [-0.05, 0) is 42.5 Å². The molecular formula is C19H14FN3O3S2. The summed E-state index contributed by atoms with van der Waals surface area (Å²) < 4.78 is 39.5. The monoisotopic (exact) mass is 415 g/mol. The first kappa shape index (κ1) is 19.7. The number of benzene rings is 2. The number of anilines is 1. The minimum atomic E-state index is -3.80. The largest absolute Gasteiger partial charge is 0.298 e. The number of sulfonamides is 1. The Balaban J connectivity index is 1.76. The highest BCUT2D eigenvalue weighted by Gasteiger charge is 2.16. The molecule has 0 bridgehead atoms. The van der Waals surface area contributed by atoms with Crippen LogP contribution in [0, 0.1) is 18.2 Å². The first-order valence-corrected chi connectivity index (χ1v) is 10.3. The third-order valence-electron chi connectivity index (χ3n) is 3.64. The number of nitrogens with one attached hydrogen (secondary N) is 2. The highest BCUT2D eigenvalue weighted by molar-refractivity contribution is 7.89. The van der Waals surface area contributed by atoms with E-state index >= 15 is 0 Å². The van der Waals surface area contributed by atoms with Crippen LogP contribution in [0.25, 0.3) is 11.3 Å². The molecule has 1 amide bonds. The van der Waals surface area contributed by atoms with Crippen LogP contribution < -0.4 is 10.0 Å². The third-order valence-corrected chi connectivity index (χ3v) is 5.79. The lowest BCUT2D eigenvalue weighted by molar-refractivity contribution is 0.102. The number of carbonyl (C=O) groups is 1. The molecule has 6 nitrogen and oxygen atoms in total. The lowest BCUT2D eigenvalue weighted by atomic mass is 10.2. The fourth-order valence-electron chi connectivity index (χ4n) is 2.28. The Hall–Kier alpha value is -3.06. The van der Waals surface area contributed by atoms with Crippen LogP contribution in [0.3, 0.4) is 0 Å². The fourth-order valence-corrected chi connectivity index (χ4v) is 3.97. The minimum Gasteiger partial charge on any atom is -0.298 e. The van der Waals surface area contributed by atoms with Crippen LogP contribution in [0.1, 0.15) is 10.4 Å². The molecule has 0 fully saturated rings. The fraction of sp³-hybridized carbons (Fsp3) is 0.0526. The zero-order valence-electron chi connectivity index (χ0n) is 14.3. The Morgan fingerprint density at radius 2 is 1.96 bits per heavy atom. The smallest absolute Gasteiger partial charge is 0.257 e. The SMILES string of the molecule is C#CCNS(=O)(=O)c1cccc(C(=O)Nc2nc(-c3ccc(F)cc3)cs2)c1. The van der Waals surface area contributed by atoms with Crippen LogP contribution >= 0.6 is 11.3 Å². The molecule has 2 N–H and O–H groups in total. The summed E-state index contributed by atoms with van der Waals surface area (Å²) in [7, 11) is -3.80. The molecule has 28 heavy (non-hydrogen) atoms. The van der Waals surface area contributed by atoms with E-state index in [4.69, 9.17) is 6.42 Å². The van der Waals surface area contributed by atoms with Gasteiger partial charge in [0.05, 0.1) is 17.1 Å². The molecule has 1 heterocycles. The van der Waals surface area contributed by atoms with Crippen molar-refractivity contribution in [2.45, 2.75) is 4.90 Å². The van der Waals surface area contributed by atoms with Gasteiger partial charge in [-0.2, -0.15) is 4.72 Å². The lowest BCUT2D eigenvalue weighted by Gasteiger charge is -2.06. The van der Waals surface area contributed by atoms with E-state index in [2.05, 4.69) is 20.9 Å². The van der Waals surface area contributed by atoms with Gasteiger partial charge in [-0.25, -0.2) is 17.8 Å². The molecule has 9 heteroatoms. The zero-order valence-corrected chi connectivity index (χ0v) is 16.0. The Morgan fingerprint density at radius 3 is 2.68 bits per heavy atom. The van der Waals surface area contributed by atoms with Crippen molar-refractivity contribution in [3.63, 3.8) is 0 Å². The average molecular weight is 415 g/mol. The van der Waals surface area contributed by atoms with Gasteiger partial charge in [0.25, 0.3) is 5.91 Å². The topological polar surface area (TPSA) is 88.2 Å². The van der Waals surface area contributed by atoms with Crippen LogP contribution in [0.4, 0.5) is 9.52 Å². The molecule has 1 aromatic heterocycles. The van der Waals surface area contributed by atoms with Crippen molar-refractivity contribution < 1.29 is 17.6 Å². The zero-order chi connectivity index (χ0) is 20.1. The lowest BCUT2D eigenvalue weighted by Crippen LogP contribution is -2.24. The number of nitrogens with zero attached hydrogens (tertiary/aromatic N) is 1. The summed E-state index contributed by atoms with van der Waals surface area (Å²) in [5.41, 5.74) is 1.46. The molecule has 0 aliphatic rings. The number of aromatic nitrogens is 1. The molecule has 0 atom stereocenters. The second kappa shape index (κ2) is 8.31. The highest BCUT2D eigenvalue weighted by atomic mass is 32.2. The van der Waals surface area contributed by atoms with Gasteiger partial charge in [-0.1, -0.05) is 12.0 Å². The van der Waals surface area contributed by atoms with E-state index in [9.17, 15) is 17.6 Å². The maximum absolute atomic E-state index is 13.0. The third kappa shape index (κ3) is 4.61. The predicted octanol–water partition coefficient (Wildman–Crippen LogP) is 3.11. The summed E-state index contributed by atoms with van der Waals surface area (Å²) in [5, 5.41) is 4.69. The van der Waals surface area contributed by atoms with Crippen molar-refractivity contribution in [1.82, 2.24) is 9.71 Å². The van der Waals surface area contributed by atoms with Gasteiger partial charge in [0, 0.05) is 16.5 Å². The van der Waals surface area contributed by atoms with E-state index < -0.39 is 15.9 Å². The molecule has 0 unspecified atom stereocenters.